The second-order valence-corrected chi connectivity index (χ2v) is 7.10. The SMILES string of the molecule is Cc1cc(C(=O)N2CCC[C@H]2CN(C)C(=O)OC(C)(C)C)co1. The van der Waals surface area contributed by atoms with Gasteiger partial charge in [-0.1, -0.05) is 0 Å². The molecule has 2 amide bonds. The van der Waals surface area contributed by atoms with Gasteiger partial charge in [0, 0.05) is 26.2 Å². The molecule has 1 aliphatic heterocycles. The molecule has 23 heavy (non-hydrogen) atoms. The van der Waals surface area contributed by atoms with Crippen LogP contribution in [0.1, 0.15) is 49.7 Å². The maximum Gasteiger partial charge on any atom is 0.410 e. The summed E-state index contributed by atoms with van der Waals surface area (Å²) in [5, 5.41) is 0. The molecule has 0 spiro atoms. The molecule has 1 aromatic heterocycles. The molecule has 6 nitrogen and oxygen atoms in total. The highest BCUT2D eigenvalue weighted by atomic mass is 16.6. The van der Waals surface area contributed by atoms with Gasteiger partial charge in [-0.15, -0.1) is 0 Å². The van der Waals surface area contributed by atoms with Gasteiger partial charge in [-0.3, -0.25) is 4.79 Å². The summed E-state index contributed by atoms with van der Waals surface area (Å²) >= 11 is 0. The molecule has 1 saturated heterocycles. The van der Waals surface area contributed by atoms with E-state index in [1.54, 1.807) is 18.0 Å². The van der Waals surface area contributed by atoms with Crippen molar-refractivity contribution in [1.82, 2.24) is 9.80 Å². The van der Waals surface area contributed by atoms with Gasteiger partial charge < -0.3 is 19.0 Å². The average Bonchev–Trinajstić information content (AvgIpc) is 3.05. The van der Waals surface area contributed by atoms with Gasteiger partial charge in [0.2, 0.25) is 0 Å². The Balaban J connectivity index is 1.99. The van der Waals surface area contributed by atoms with E-state index in [0.717, 1.165) is 18.6 Å². The van der Waals surface area contributed by atoms with Gasteiger partial charge in [0.25, 0.3) is 5.91 Å². The van der Waals surface area contributed by atoms with Crippen LogP contribution in [0, 0.1) is 6.92 Å². The second kappa shape index (κ2) is 6.64. The molecule has 0 radical (unpaired) electrons. The summed E-state index contributed by atoms with van der Waals surface area (Å²) in [6.07, 6.45) is 2.95. The first-order valence-corrected chi connectivity index (χ1v) is 7.97. The van der Waals surface area contributed by atoms with Crippen molar-refractivity contribution < 1.29 is 18.7 Å². The van der Waals surface area contributed by atoms with Crippen LogP contribution in [-0.4, -0.2) is 53.6 Å². The number of aryl methyl sites for hydroxylation is 1. The zero-order valence-corrected chi connectivity index (χ0v) is 14.6. The third kappa shape index (κ3) is 4.50. The summed E-state index contributed by atoms with van der Waals surface area (Å²) in [5.41, 5.74) is 0.0412. The summed E-state index contributed by atoms with van der Waals surface area (Å²) in [6.45, 7) is 8.50. The number of nitrogens with zero attached hydrogens (tertiary/aromatic N) is 2. The van der Waals surface area contributed by atoms with E-state index in [4.69, 9.17) is 9.15 Å². The van der Waals surface area contributed by atoms with Crippen LogP contribution in [0.25, 0.3) is 0 Å². The van der Waals surface area contributed by atoms with Gasteiger partial charge in [-0.25, -0.2) is 4.79 Å². The van der Waals surface area contributed by atoms with E-state index in [-0.39, 0.29) is 18.0 Å². The van der Waals surface area contributed by atoms with E-state index in [1.165, 1.54) is 6.26 Å². The normalized spacial score (nSPS) is 18.1. The molecule has 128 valence electrons. The number of hydrogen-bond acceptors (Lipinski definition) is 4. The van der Waals surface area contributed by atoms with Crippen molar-refractivity contribution in [3.8, 4) is 0 Å². The Morgan fingerprint density at radius 1 is 1.43 bits per heavy atom. The van der Waals surface area contributed by atoms with Gasteiger partial charge >= 0.3 is 6.09 Å². The summed E-state index contributed by atoms with van der Waals surface area (Å²) in [5.74, 6) is 0.678. The minimum Gasteiger partial charge on any atom is -0.469 e. The lowest BCUT2D eigenvalue weighted by Gasteiger charge is -2.30. The van der Waals surface area contributed by atoms with Crippen molar-refractivity contribution >= 4 is 12.0 Å². The fraction of sp³-hybridized carbons (Fsp3) is 0.647. The van der Waals surface area contributed by atoms with E-state index in [9.17, 15) is 9.59 Å². The molecule has 1 aromatic rings. The fourth-order valence-corrected chi connectivity index (χ4v) is 2.74. The van der Waals surface area contributed by atoms with E-state index in [2.05, 4.69) is 0 Å². The lowest BCUT2D eigenvalue weighted by atomic mass is 10.2. The Labute approximate surface area is 137 Å². The number of carbonyl (C=O) groups is 2. The summed E-state index contributed by atoms with van der Waals surface area (Å²) in [6, 6.07) is 1.75. The number of likely N-dealkylation sites (N-methyl/N-ethyl adjacent to an activating group) is 1. The van der Waals surface area contributed by atoms with Crippen LogP contribution in [0.5, 0.6) is 0 Å². The van der Waals surface area contributed by atoms with Crippen LogP contribution >= 0.6 is 0 Å². The standard InChI is InChI=1S/C17H26N2O4/c1-12-9-13(11-22-12)15(20)19-8-6-7-14(19)10-18(5)16(21)23-17(2,3)4/h9,11,14H,6-8,10H2,1-5H3/t14-/m0/s1. The molecule has 0 saturated carbocycles. The van der Waals surface area contributed by atoms with Crippen molar-refractivity contribution in [1.29, 1.82) is 0 Å². The highest BCUT2D eigenvalue weighted by molar-refractivity contribution is 5.94. The third-order valence-electron chi connectivity index (χ3n) is 3.81. The zero-order valence-electron chi connectivity index (χ0n) is 14.6. The summed E-state index contributed by atoms with van der Waals surface area (Å²) < 4.78 is 10.6. The molecule has 0 bridgehead atoms. The number of likely N-dealkylation sites (tertiary alicyclic amines) is 1. The first kappa shape index (κ1) is 17.4. The molecule has 1 atom stereocenters. The zero-order chi connectivity index (χ0) is 17.2. The van der Waals surface area contributed by atoms with Crippen molar-refractivity contribution in [2.45, 2.75) is 52.2 Å². The molecule has 0 aromatic carbocycles. The molecule has 1 aliphatic rings. The molecule has 1 fully saturated rings. The minimum absolute atomic E-state index is 0.00947. The maximum atomic E-state index is 12.6. The number of ether oxygens (including phenoxy) is 1. The van der Waals surface area contributed by atoms with Gasteiger partial charge in [-0.2, -0.15) is 0 Å². The summed E-state index contributed by atoms with van der Waals surface area (Å²) in [4.78, 5) is 28.0. The van der Waals surface area contributed by atoms with E-state index in [0.29, 0.717) is 18.7 Å². The number of hydrogen-bond donors (Lipinski definition) is 0. The highest BCUT2D eigenvalue weighted by Crippen LogP contribution is 2.22. The number of rotatable bonds is 3. The quantitative estimate of drug-likeness (QED) is 0.858. The number of carbonyl (C=O) groups excluding carboxylic acids is 2. The van der Waals surface area contributed by atoms with Crippen molar-refractivity contribution in [3.05, 3.63) is 23.7 Å². The van der Waals surface area contributed by atoms with E-state index >= 15 is 0 Å². The van der Waals surface area contributed by atoms with Crippen LogP contribution in [0.2, 0.25) is 0 Å². The predicted molar refractivity (Wildman–Crippen MR) is 86.4 cm³/mol. The molecule has 0 N–H and O–H groups in total. The monoisotopic (exact) mass is 322 g/mol. The lowest BCUT2D eigenvalue weighted by molar-refractivity contribution is 0.0252. The van der Waals surface area contributed by atoms with Gasteiger partial charge in [-0.05, 0) is 46.6 Å². The first-order valence-electron chi connectivity index (χ1n) is 7.97. The largest absolute Gasteiger partial charge is 0.469 e. The van der Waals surface area contributed by atoms with E-state index in [1.807, 2.05) is 32.6 Å². The number of furan rings is 1. The molecule has 2 heterocycles. The van der Waals surface area contributed by atoms with Gasteiger partial charge in [0.05, 0.1) is 5.56 Å². The second-order valence-electron chi connectivity index (χ2n) is 7.10. The predicted octanol–water partition coefficient (Wildman–Crippen LogP) is 3.06. The fourth-order valence-electron chi connectivity index (χ4n) is 2.74. The molecule has 0 aliphatic carbocycles. The van der Waals surface area contributed by atoms with Gasteiger partial charge in [0.1, 0.15) is 17.6 Å². The Hall–Kier alpha value is -1.98. The minimum atomic E-state index is -0.523. The molecule has 6 heteroatoms. The van der Waals surface area contributed by atoms with E-state index < -0.39 is 5.60 Å². The molecular formula is C17H26N2O4. The smallest absolute Gasteiger partial charge is 0.410 e. The third-order valence-corrected chi connectivity index (χ3v) is 3.81. The van der Waals surface area contributed by atoms with Crippen LogP contribution in [0.4, 0.5) is 4.79 Å². The Morgan fingerprint density at radius 3 is 2.70 bits per heavy atom. The van der Waals surface area contributed by atoms with Gasteiger partial charge in [0.15, 0.2) is 0 Å². The van der Waals surface area contributed by atoms with Crippen LogP contribution in [-0.2, 0) is 4.74 Å². The summed E-state index contributed by atoms with van der Waals surface area (Å²) in [7, 11) is 1.71. The molecule has 2 rings (SSSR count). The van der Waals surface area contributed by atoms with Crippen molar-refractivity contribution in [3.63, 3.8) is 0 Å². The lowest BCUT2D eigenvalue weighted by Crippen LogP contribution is -2.45. The Bertz CT molecular complexity index is 573. The highest BCUT2D eigenvalue weighted by Gasteiger charge is 2.32. The van der Waals surface area contributed by atoms with Crippen LogP contribution in [0.3, 0.4) is 0 Å². The van der Waals surface area contributed by atoms with Crippen molar-refractivity contribution in [2.24, 2.45) is 0 Å². The average molecular weight is 322 g/mol. The Morgan fingerprint density at radius 2 is 2.13 bits per heavy atom. The Kier molecular flexibility index (Phi) is 5.02. The van der Waals surface area contributed by atoms with Crippen molar-refractivity contribution in [2.75, 3.05) is 20.1 Å². The topological polar surface area (TPSA) is 63.0 Å². The maximum absolute atomic E-state index is 12.6. The van der Waals surface area contributed by atoms with Crippen LogP contribution < -0.4 is 0 Å². The number of amides is 2. The molecule has 0 unspecified atom stereocenters. The molecular weight excluding hydrogens is 296 g/mol. The first-order chi connectivity index (χ1) is 10.7. The van der Waals surface area contributed by atoms with Crippen LogP contribution in [0.15, 0.2) is 16.7 Å².